The molecule has 0 saturated heterocycles. The van der Waals surface area contributed by atoms with Crippen LogP contribution in [0.3, 0.4) is 0 Å². The predicted octanol–water partition coefficient (Wildman–Crippen LogP) is -0.495. The van der Waals surface area contributed by atoms with Crippen molar-refractivity contribution < 1.29 is 35.7 Å². The zero-order valence-corrected chi connectivity index (χ0v) is 9.42. The maximum atomic E-state index is 8.56. The summed E-state index contributed by atoms with van der Waals surface area (Å²) in [5.41, 5.74) is 7.71. The van der Waals surface area contributed by atoms with Gasteiger partial charge in [-0.05, 0) is 23.2 Å². The third kappa shape index (κ3) is 5.02. The Morgan fingerprint density at radius 3 is 2.73 bits per heavy atom. The van der Waals surface area contributed by atoms with E-state index in [0.29, 0.717) is 5.69 Å². The van der Waals surface area contributed by atoms with Crippen molar-refractivity contribution in [2.24, 2.45) is 0 Å². The molecular formula is C6H6AgN4O3S-2. The van der Waals surface area contributed by atoms with E-state index in [9.17, 15) is 0 Å². The van der Waals surface area contributed by atoms with Crippen molar-refractivity contribution in [3.63, 3.8) is 0 Å². The van der Waals surface area contributed by atoms with Gasteiger partial charge in [0.2, 0.25) is 0 Å². The summed E-state index contributed by atoms with van der Waals surface area (Å²) >= 11 is -2.86. The molecule has 0 aliphatic rings. The molecule has 1 aromatic heterocycles. The molecule has 0 amide bonds. The van der Waals surface area contributed by atoms with Crippen LogP contribution in [0, 0.1) is 0 Å². The molecule has 0 aliphatic carbocycles. The minimum atomic E-state index is -2.86. The molecule has 0 bridgehead atoms. The topological polar surface area (TPSA) is 126 Å². The zero-order valence-electron chi connectivity index (χ0n) is 7.12. The van der Waals surface area contributed by atoms with Gasteiger partial charge in [-0.25, -0.2) is 4.21 Å². The van der Waals surface area contributed by atoms with E-state index in [4.69, 9.17) is 19.0 Å². The van der Waals surface area contributed by atoms with Gasteiger partial charge in [-0.3, -0.25) is 5.21 Å². The van der Waals surface area contributed by atoms with Gasteiger partial charge in [-0.1, -0.05) is 6.07 Å². The summed E-state index contributed by atoms with van der Waals surface area (Å²) in [4.78, 5) is 0. The van der Waals surface area contributed by atoms with Gasteiger partial charge in [-0.2, -0.15) is 0 Å². The fourth-order valence-electron chi connectivity index (χ4n) is 0.824. The molecule has 87 valence electrons. The number of anilines is 1. The summed E-state index contributed by atoms with van der Waals surface area (Å²) in [5.74, 6) is 0. The minimum Gasteiger partial charge on any atom is -0.750 e. The van der Waals surface area contributed by atoms with E-state index in [2.05, 4.69) is 15.4 Å². The van der Waals surface area contributed by atoms with E-state index in [1.807, 2.05) is 0 Å². The Balaban J connectivity index is 0.000000346. The summed E-state index contributed by atoms with van der Waals surface area (Å²) in [6.07, 6.45) is 0. The Hall–Kier alpha value is -0.770. The number of nitrogens with two attached hydrogens (primary N) is 1. The first-order valence-corrected chi connectivity index (χ1v) is 4.42. The Morgan fingerprint density at radius 2 is 2.13 bits per heavy atom. The number of hydrogen-bond donors (Lipinski definition) is 2. The van der Waals surface area contributed by atoms with Crippen LogP contribution in [0.4, 0.5) is 5.69 Å². The summed E-state index contributed by atoms with van der Waals surface area (Å²) < 4.78 is 24.1. The van der Waals surface area contributed by atoms with Gasteiger partial charge >= 0.3 is 0 Å². The second kappa shape index (κ2) is 6.67. The number of nitrogen functional groups attached to an aromatic ring is 1. The molecule has 0 saturated carbocycles. The molecule has 2 rings (SSSR count). The molecule has 2 aromatic rings. The van der Waals surface area contributed by atoms with E-state index in [1.54, 1.807) is 18.2 Å². The van der Waals surface area contributed by atoms with Gasteiger partial charge in [0.25, 0.3) is 0 Å². The Bertz CT molecular complexity index is 445. The molecule has 3 N–H and O–H groups in total. The standard InChI is InChI=1S/C6H5N4.Ag.H2O3S/c7-4-1-2-5-6(3-4)9-10-8-5;;1-4(2)3/h1-3H,7H2;;(H2,1,2,3)/q-1;;/p-1. The van der Waals surface area contributed by atoms with Gasteiger partial charge < -0.3 is 25.0 Å². The molecule has 15 heavy (non-hydrogen) atoms. The Kier molecular flexibility index (Phi) is 6.32. The van der Waals surface area contributed by atoms with Crippen LogP contribution in [0.5, 0.6) is 0 Å². The minimum absolute atomic E-state index is 0. The number of benzene rings is 1. The molecule has 0 fully saturated rings. The molecule has 1 heterocycles. The maximum Gasteiger partial charge on any atom is 0.0814 e. The first kappa shape index (κ1) is 14.2. The molecule has 9 heteroatoms. The van der Waals surface area contributed by atoms with E-state index in [-0.39, 0.29) is 22.4 Å². The fraction of sp³-hybridized carbons (Fsp3) is 0. The molecule has 1 unspecified atom stereocenters. The average molecular weight is 322 g/mol. The van der Waals surface area contributed by atoms with Gasteiger partial charge in [0.1, 0.15) is 0 Å². The van der Waals surface area contributed by atoms with Crippen molar-refractivity contribution in [2.45, 2.75) is 0 Å². The number of fused-ring (bicyclic) bond motifs is 1. The van der Waals surface area contributed by atoms with Crippen molar-refractivity contribution in [3.8, 4) is 0 Å². The van der Waals surface area contributed by atoms with Crippen LogP contribution in [0.25, 0.3) is 11.0 Å². The van der Waals surface area contributed by atoms with Crippen LogP contribution >= 0.6 is 0 Å². The van der Waals surface area contributed by atoms with E-state index < -0.39 is 11.4 Å². The molecule has 1 atom stereocenters. The largest absolute Gasteiger partial charge is 0.750 e. The molecular weight excluding hydrogens is 316 g/mol. The van der Waals surface area contributed by atoms with Crippen LogP contribution < -0.4 is 10.8 Å². The van der Waals surface area contributed by atoms with Crippen molar-refractivity contribution in [1.29, 1.82) is 0 Å². The van der Waals surface area contributed by atoms with Crippen LogP contribution in [0.2, 0.25) is 0 Å². The average Bonchev–Trinajstić information content (AvgIpc) is 2.49. The Morgan fingerprint density at radius 1 is 1.53 bits per heavy atom. The number of nitrogens with zero attached hydrogens (tertiary/aromatic N) is 3. The van der Waals surface area contributed by atoms with Crippen molar-refractivity contribution in [3.05, 3.63) is 18.2 Å². The molecule has 1 aromatic carbocycles. The molecule has 7 nitrogen and oxygen atoms in total. The summed E-state index contributed by atoms with van der Waals surface area (Å²) in [7, 11) is 0. The van der Waals surface area contributed by atoms with E-state index in [1.165, 1.54) is 0 Å². The SMILES string of the molecule is Nc1ccc2[n-]nnc2c1.O=S([O-])O.[Ag]. The van der Waals surface area contributed by atoms with Crippen molar-refractivity contribution in [2.75, 3.05) is 5.73 Å². The Labute approximate surface area is 103 Å². The van der Waals surface area contributed by atoms with Crippen LogP contribution in [-0.2, 0) is 33.7 Å². The van der Waals surface area contributed by atoms with E-state index >= 15 is 0 Å². The predicted molar refractivity (Wildman–Crippen MR) is 48.8 cm³/mol. The first-order chi connectivity index (χ1) is 6.59. The smallest absolute Gasteiger partial charge is 0.0814 e. The van der Waals surface area contributed by atoms with Crippen LogP contribution in [0.1, 0.15) is 0 Å². The summed E-state index contributed by atoms with van der Waals surface area (Å²) in [6.45, 7) is 0. The van der Waals surface area contributed by atoms with Gasteiger partial charge in [0, 0.05) is 28.1 Å². The molecule has 0 spiro atoms. The van der Waals surface area contributed by atoms with Gasteiger partial charge in [-0.15, -0.1) is 0 Å². The van der Waals surface area contributed by atoms with Crippen molar-refractivity contribution >= 4 is 28.1 Å². The van der Waals surface area contributed by atoms with Crippen LogP contribution in [-0.4, -0.2) is 23.6 Å². The zero-order chi connectivity index (χ0) is 10.6. The second-order valence-electron chi connectivity index (χ2n) is 2.25. The summed E-state index contributed by atoms with van der Waals surface area (Å²) in [5, 5.41) is 11.0. The summed E-state index contributed by atoms with van der Waals surface area (Å²) in [6, 6.07) is 5.32. The third-order valence-electron chi connectivity index (χ3n) is 1.30. The third-order valence-corrected chi connectivity index (χ3v) is 1.30. The van der Waals surface area contributed by atoms with E-state index in [0.717, 1.165) is 11.0 Å². The normalized spacial score (nSPS) is 11.1. The van der Waals surface area contributed by atoms with Crippen LogP contribution in [0.15, 0.2) is 18.2 Å². The van der Waals surface area contributed by atoms with Gasteiger partial charge in [0.05, 0.1) is 11.4 Å². The second-order valence-corrected chi connectivity index (χ2v) is 2.69. The maximum absolute atomic E-state index is 8.56. The van der Waals surface area contributed by atoms with Gasteiger partial charge in [0.15, 0.2) is 0 Å². The quantitative estimate of drug-likeness (QED) is 0.380. The number of rotatable bonds is 0. The molecule has 1 radical (unpaired) electrons. The number of hydrogen-bond acceptors (Lipinski definition) is 5. The van der Waals surface area contributed by atoms with Crippen molar-refractivity contribution in [1.82, 2.24) is 15.4 Å². The monoisotopic (exact) mass is 321 g/mol. The first-order valence-electron chi connectivity index (χ1n) is 3.39. The molecule has 0 aliphatic heterocycles. The fourth-order valence-corrected chi connectivity index (χ4v) is 0.824. The number of aromatic nitrogens is 3.